The van der Waals surface area contributed by atoms with Crippen LogP contribution in [0.15, 0.2) is 41.6 Å². The summed E-state index contributed by atoms with van der Waals surface area (Å²) in [6, 6.07) is 5.83. The molecule has 0 spiro atoms. The van der Waals surface area contributed by atoms with Crippen molar-refractivity contribution in [1.29, 1.82) is 0 Å². The fourth-order valence-electron chi connectivity index (χ4n) is 2.20. The molecule has 0 atom stereocenters. The number of pyridine rings is 1. The Hall–Kier alpha value is -2.25. The first-order chi connectivity index (χ1) is 10.7. The lowest BCUT2D eigenvalue weighted by Gasteiger charge is -2.18. The van der Waals surface area contributed by atoms with Gasteiger partial charge >= 0.3 is 5.97 Å². The first-order valence-corrected chi connectivity index (χ1v) is 8.37. The van der Waals surface area contributed by atoms with Gasteiger partial charge in [-0.3, -0.25) is 4.98 Å². The lowest BCUT2D eigenvalue weighted by molar-refractivity contribution is 0.0696. The smallest absolute Gasteiger partial charge is 0.335 e. The average Bonchev–Trinajstić information content (AvgIpc) is 2.49. The summed E-state index contributed by atoms with van der Waals surface area (Å²) in [6.07, 6.45) is 3.29. The van der Waals surface area contributed by atoms with Crippen molar-refractivity contribution in [1.82, 2.24) is 9.29 Å². The summed E-state index contributed by atoms with van der Waals surface area (Å²) in [4.78, 5) is 15.1. The van der Waals surface area contributed by atoms with E-state index in [9.17, 15) is 13.2 Å². The topological polar surface area (TPSA) is 87.6 Å². The molecule has 1 N–H and O–H groups in total. The molecule has 0 saturated carbocycles. The van der Waals surface area contributed by atoms with Crippen LogP contribution in [0, 0.1) is 13.8 Å². The molecule has 0 amide bonds. The number of nitrogens with zero attached hydrogens (tertiary/aromatic N) is 2. The lowest BCUT2D eigenvalue weighted by atomic mass is 10.1. The molecule has 1 aromatic heterocycles. The van der Waals surface area contributed by atoms with Crippen molar-refractivity contribution in [3.05, 3.63) is 58.9 Å². The molecular weight excluding hydrogens is 316 g/mol. The van der Waals surface area contributed by atoms with Gasteiger partial charge in [-0.1, -0.05) is 0 Å². The summed E-state index contributed by atoms with van der Waals surface area (Å²) < 4.78 is 26.5. The summed E-state index contributed by atoms with van der Waals surface area (Å²) in [5.74, 6) is -1.08. The zero-order chi connectivity index (χ0) is 17.2. The lowest BCUT2D eigenvalue weighted by Crippen LogP contribution is -2.27. The number of aromatic nitrogens is 1. The van der Waals surface area contributed by atoms with Crippen LogP contribution in [0.5, 0.6) is 0 Å². The largest absolute Gasteiger partial charge is 0.478 e. The predicted molar refractivity (Wildman–Crippen MR) is 85.8 cm³/mol. The van der Waals surface area contributed by atoms with E-state index < -0.39 is 16.0 Å². The van der Waals surface area contributed by atoms with E-state index in [1.807, 2.05) is 13.0 Å². The van der Waals surface area contributed by atoms with Crippen LogP contribution in [0.3, 0.4) is 0 Å². The molecule has 0 aliphatic carbocycles. The first kappa shape index (κ1) is 17.1. The van der Waals surface area contributed by atoms with E-state index in [2.05, 4.69) is 4.98 Å². The van der Waals surface area contributed by atoms with E-state index in [0.717, 1.165) is 11.1 Å². The number of aromatic carboxylic acids is 1. The van der Waals surface area contributed by atoms with E-state index in [1.165, 1.54) is 29.6 Å². The second-order valence-corrected chi connectivity index (χ2v) is 7.39. The molecule has 0 saturated heterocycles. The molecule has 23 heavy (non-hydrogen) atoms. The zero-order valence-corrected chi connectivity index (χ0v) is 14.0. The Morgan fingerprint density at radius 3 is 2.48 bits per heavy atom. The molecule has 7 heteroatoms. The van der Waals surface area contributed by atoms with E-state index in [-0.39, 0.29) is 17.0 Å². The van der Waals surface area contributed by atoms with Crippen LogP contribution in [-0.4, -0.2) is 35.8 Å². The van der Waals surface area contributed by atoms with E-state index in [4.69, 9.17) is 5.11 Å². The molecule has 2 aromatic rings. The number of carboxylic acids is 1. The van der Waals surface area contributed by atoms with Gasteiger partial charge < -0.3 is 5.11 Å². The molecule has 0 aliphatic rings. The van der Waals surface area contributed by atoms with E-state index in [0.29, 0.717) is 5.56 Å². The molecule has 2 rings (SSSR count). The van der Waals surface area contributed by atoms with Gasteiger partial charge in [0.2, 0.25) is 10.0 Å². The van der Waals surface area contributed by atoms with Crippen LogP contribution in [0.2, 0.25) is 0 Å². The number of carboxylic acid groups (broad SMARTS) is 1. The van der Waals surface area contributed by atoms with Gasteiger partial charge in [0.1, 0.15) is 0 Å². The Bertz CT molecular complexity index is 847. The summed E-state index contributed by atoms with van der Waals surface area (Å²) in [6.45, 7) is 3.67. The fraction of sp³-hybridized carbons (Fsp3) is 0.250. The van der Waals surface area contributed by atoms with Gasteiger partial charge in [-0.25, -0.2) is 13.2 Å². The number of carbonyl (C=O) groups is 1. The highest BCUT2D eigenvalue weighted by Crippen LogP contribution is 2.20. The van der Waals surface area contributed by atoms with Gasteiger partial charge in [-0.05, 0) is 54.8 Å². The van der Waals surface area contributed by atoms with Crippen molar-refractivity contribution in [3.63, 3.8) is 0 Å². The minimum absolute atomic E-state index is 0.0732. The number of aryl methyl sites for hydroxylation is 2. The maximum Gasteiger partial charge on any atom is 0.335 e. The third-order valence-corrected chi connectivity index (χ3v) is 5.48. The maximum absolute atomic E-state index is 12.6. The van der Waals surface area contributed by atoms with Gasteiger partial charge in [0.25, 0.3) is 0 Å². The molecule has 0 radical (unpaired) electrons. The summed E-state index contributed by atoms with van der Waals surface area (Å²) in [5, 5.41) is 9.03. The third kappa shape index (κ3) is 3.57. The molecule has 6 nitrogen and oxygen atoms in total. The van der Waals surface area contributed by atoms with Gasteiger partial charge in [0.05, 0.1) is 10.5 Å². The molecule has 122 valence electrons. The Balaban J connectivity index is 2.32. The molecule has 0 aliphatic heterocycles. The van der Waals surface area contributed by atoms with E-state index in [1.54, 1.807) is 19.3 Å². The Morgan fingerprint density at radius 1 is 1.22 bits per heavy atom. The van der Waals surface area contributed by atoms with Crippen molar-refractivity contribution >= 4 is 16.0 Å². The normalized spacial score (nSPS) is 11.7. The SMILES string of the molecule is Cc1ccncc1CN(C)S(=O)(=O)c1ccc(C(=O)O)c(C)c1. The molecule has 0 unspecified atom stereocenters. The van der Waals surface area contributed by atoms with Crippen molar-refractivity contribution in [2.45, 2.75) is 25.3 Å². The Kier molecular flexibility index (Phi) is 4.82. The summed E-state index contributed by atoms with van der Waals surface area (Å²) in [5.41, 5.74) is 2.27. The number of sulfonamides is 1. The van der Waals surface area contributed by atoms with Crippen LogP contribution in [-0.2, 0) is 16.6 Å². The van der Waals surface area contributed by atoms with Crippen LogP contribution >= 0.6 is 0 Å². The van der Waals surface area contributed by atoms with Gasteiger partial charge in [0, 0.05) is 26.0 Å². The average molecular weight is 334 g/mol. The highest BCUT2D eigenvalue weighted by molar-refractivity contribution is 7.89. The number of rotatable bonds is 5. The van der Waals surface area contributed by atoms with E-state index >= 15 is 0 Å². The van der Waals surface area contributed by atoms with Crippen LogP contribution in [0.1, 0.15) is 27.0 Å². The molecular formula is C16H18N2O4S. The monoisotopic (exact) mass is 334 g/mol. The second-order valence-electron chi connectivity index (χ2n) is 5.35. The molecule has 1 heterocycles. The molecule has 0 fully saturated rings. The zero-order valence-electron chi connectivity index (χ0n) is 13.1. The van der Waals surface area contributed by atoms with Crippen LogP contribution < -0.4 is 0 Å². The van der Waals surface area contributed by atoms with Crippen LogP contribution in [0.4, 0.5) is 0 Å². The molecule has 0 bridgehead atoms. The Morgan fingerprint density at radius 2 is 1.91 bits per heavy atom. The summed E-state index contributed by atoms with van der Waals surface area (Å²) in [7, 11) is -2.22. The quantitative estimate of drug-likeness (QED) is 0.906. The van der Waals surface area contributed by atoms with Crippen molar-refractivity contribution in [3.8, 4) is 0 Å². The van der Waals surface area contributed by atoms with Crippen molar-refractivity contribution < 1.29 is 18.3 Å². The summed E-state index contributed by atoms with van der Waals surface area (Å²) >= 11 is 0. The van der Waals surface area contributed by atoms with Crippen molar-refractivity contribution in [2.75, 3.05) is 7.05 Å². The minimum Gasteiger partial charge on any atom is -0.478 e. The Labute approximate surface area is 135 Å². The van der Waals surface area contributed by atoms with Gasteiger partial charge in [-0.15, -0.1) is 0 Å². The third-order valence-electron chi connectivity index (χ3n) is 3.68. The van der Waals surface area contributed by atoms with Gasteiger partial charge in [-0.2, -0.15) is 4.31 Å². The fourth-order valence-corrected chi connectivity index (χ4v) is 3.44. The first-order valence-electron chi connectivity index (χ1n) is 6.93. The van der Waals surface area contributed by atoms with Gasteiger partial charge in [0.15, 0.2) is 0 Å². The van der Waals surface area contributed by atoms with Crippen LogP contribution in [0.25, 0.3) is 0 Å². The number of benzene rings is 1. The number of hydrogen-bond donors (Lipinski definition) is 1. The molecule has 1 aromatic carbocycles. The maximum atomic E-state index is 12.6. The predicted octanol–water partition coefficient (Wildman–Crippen LogP) is 2.22. The minimum atomic E-state index is -3.71. The second kappa shape index (κ2) is 6.47. The highest BCUT2D eigenvalue weighted by atomic mass is 32.2. The standard InChI is InChI=1S/C16H18N2O4S/c1-11-6-7-17-9-13(11)10-18(3)23(21,22)14-4-5-15(16(19)20)12(2)8-14/h4-9H,10H2,1-3H3,(H,19,20). The highest BCUT2D eigenvalue weighted by Gasteiger charge is 2.22. The van der Waals surface area contributed by atoms with Crippen molar-refractivity contribution in [2.24, 2.45) is 0 Å². The number of hydrogen-bond acceptors (Lipinski definition) is 4.